The largest absolute Gasteiger partial charge is 0.497 e. The molecule has 0 radical (unpaired) electrons. The topological polar surface area (TPSA) is 93.7 Å². The number of carbonyl (C=O) groups excluding carboxylic acids is 1. The second-order valence-electron chi connectivity index (χ2n) is 7.56. The first-order chi connectivity index (χ1) is 13.5. The molecule has 2 aromatic rings. The molecule has 0 spiro atoms. The summed E-state index contributed by atoms with van der Waals surface area (Å²) in [7, 11) is -1.86. The van der Waals surface area contributed by atoms with Crippen LogP contribution < -0.4 is 19.5 Å². The molecule has 1 heterocycles. The van der Waals surface area contributed by atoms with E-state index in [4.69, 9.17) is 21.1 Å². The number of anilines is 1. The quantitative estimate of drug-likeness (QED) is 0.741. The molecule has 0 aliphatic carbocycles. The number of ether oxygens (including phenoxy) is 2. The molecule has 2 N–H and O–H groups in total. The number of amides is 1. The van der Waals surface area contributed by atoms with E-state index in [-0.39, 0.29) is 28.2 Å². The molecule has 0 fully saturated rings. The third-order valence-electron chi connectivity index (χ3n) is 4.50. The van der Waals surface area contributed by atoms with Crippen molar-refractivity contribution in [2.24, 2.45) is 0 Å². The molecule has 0 aromatic heterocycles. The van der Waals surface area contributed by atoms with Gasteiger partial charge in [-0.25, -0.2) is 8.42 Å². The van der Waals surface area contributed by atoms with Crippen molar-refractivity contribution in [3.8, 4) is 11.5 Å². The molecule has 1 aliphatic heterocycles. The van der Waals surface area contributed by atoms with Crippen LogP contribution in [0.3, 0.4) is 0 Å². The molecule has 0 saturated carbocycles. The smallest absolute Gasteiger partial charge is 0.253 e. The van der Waals surface area contributed by atoms with Gasteiger partial charge in [0.25, 0.3) is 5.91 Å². The van der Waals surface area contributed by atoms with Gasteiger partial charge in [0.15, 0.2) is 0 Å². The van der Waals surface area contributed by atoms with Crippen molar-refractivity contribution in [1.82, 2.24) is 5.32 Å². The van der Waals surface area contributed by atoms with Crippen LogP contribution >= 0.6 is 11.6 Å². The van der Waals surface area contributed by atoms with Crippen LogP contribution in [-0.2, 0) is 10.0 Å². The number of rotatable bonds is 5. The van der Waals surface area contributed by atoms with E-state index in [1.165, 1.54) is 18.2 Å². The minimum absolute atomic E-state index is 0.147. The normalized spacial score (nSPS) is 17.6. The van der Waals surface area contributed by atoms with Crippen molar-refractivity contribution < 1.29 is 22.7 Å². The Hall–Kier alpha value is -2.45. The Morgan fingerprint density at radius 3 is 2.59 bits per heavy atom. The van der Waals surface area contributed by atoms with Crippen LogP contribution in [0.2, 0.25) is 5.02 Å². The third kappa shape index (κ3) is 5.13. The van der Waals surface area contributed by atoms with Gasteiger partial charge in [-0.1, -0.05) is 11.6 Å². The summed E-state index contributed by atoms with van der Waals surface area (Å²) in [6.07, 6.45) is 1.60. The lowest BCUT2D eigenvalue weighted by atomic mass is 9.89. The van der Waals surface area contributed by atoms with Crippen molar-refractivity contribution in [2.45, 2.75) is 31.9 Å². The Kier molecular flexibility index (Phi) is 5.69. The molecule has 156 valence electrons. The summed E-state index contributed by atoms with van der Waals surface area (Å²) >= 11 is 6.23. The maximum Gasteiger partial charge on any atom is 0.253 e. The number of nitrogens with one attached hydrogen (secondary N) is 2. The van der Waals surface area contributed by atoms with Crippen LogP contribution in [0.25, 0.3) is 0 Å². The molecular formula is C20H23ClN2O5S. The zero-order valence-electron chi connectivity index (χ0n) is 16.6. The zero-order chi connectivity index (χ0) is 21.4. The van der Waals surface area contributed by atoms with Gasteiger partial charge < -0.3 is 14.8 Å². The van der Waals surface area contributed by atoms with Crippen molar-refractivity contribution in [3.05, 3.63) is 52.5 Å². The standard InChI is InChI=1S/C20H23ClN2O5S/c1-20(2)11-17(15-10-13(27-3)6-8-18(15)28-20)22-19(24)14-7-5-12(9-16(14)21)23-29(4,25)26/h5-10,17,23H,11H2,1-4H3,(H,22,24)/t17-/m1/s1. The van der Waals surface area contributed by atoms with Crippen LogP contribution in [0.15, 0.2) is 36.4 Å². The molecule has 2 aromatic carbocycles. The minimum Gasteiger partial charge on any atom is -0.497 e. The van der Waals surface area contributed by atoms with Gasteiger partial charge in [-0.2, -0.15) is 0 Å². The molecule has 1 amide bonds. The number of hydrogen-bond acceptors (Lipinski definition) is 5. The number of methoxy groups -OCH3 is 1. The highest BCUT2D eigenvalue weighted by Crippen LogP contribution is 2.41. The summed E-state index contributed by atoms with van der Waals surface area (Å²) in [6, 6.07) is 9.56. The lowest BCUT2D eigenvalue weighted by Crippen LogP contribution is -2.41. The van der Waals surface area contributed by atoms with Crippen LogP contribution in [0, 0.1) is 0 Å². The summed E-state index contributed by atoms with van der Waals surface area (Å²) in [5.74, 6) is 0.990. The maximum absolute atomic E-state index is 12.9. The Morgan fingerprint density at radius 1 is 1.24 bits per heavy atom. The first kappa shape index (κ1) is 21.3. The summed E-state index contributed by atoms with van der Waals surface area (Å²) in [6.45, 7) is 3.91. The minimum atomic E-state index is -3.44. The van der Waals surface area contributed by atoms with E-state index < -0.39 is 15.6 Å². The number of hydrogen-bond donors (Lipinski definition) is 2. The van der Waals surface area contributed by atoms with Gasteiger partial charge in [0, 0.05) is 17.7 Å². The highest BCUT2D eigenvalue weighted by Gasteiger charge is 2.35. The number of sulfonamides is 1. The molecule has 0 bridgehead atoms. The number of halogens is 1. The van der Waals surface area contributed by atoms with Gasteiger partial charge in [0.1, 0.15) is 17.1 Å². The molecule has 3 rings (SSSR count). The van der Waals surface area contributed by atoms with Gasteiger partial charge in [-0.05, 0) is 50.2 Å². The Morgan fingerprint density at radius 2 is 1.97 bits per heavy atom. The molecule has 29 heavy (non-hydrogen) atoms. The van der Waals surface area contributed by atoms with Gasteiger partial charge in [-0.3, -0.25) is 9.52 Å². The number of carbonyl (C=O) groups is 1. The fourth-order valence-corrected chi connectivity index (χ4v) is 4.12. The second kappa shape index (κ2) is 7.76. The molecule has 1 aliphatic rings. The van der Waals surface area contributed by atoms with E-state index in [0.29, 0.717) is 17.9 Å². The van der Waals surface area contributed by atoms with Crippen LogP contribution in [0.1, 0.15) is 42.2 Å². The zero-order valence-corrected chi connectivity index (χ0v) is 18.1. The van der Waals surface area contributed by atoms with E-state index in [0.717, 1.165) is 11.8 Å². The van der Waals surface area contributed by atoms with E-state index in [1.807, 2.05) is 32.0 Å². The lowest BCUT2D eigenvalue weighted by Gasteiger charge is -2.38. The molecule has 0 saturated heterocycles. The SMILES string of the molecule is COc1ccc2c(c1)[C@H](NC(=O)c1ccc(NS(C)(=O)=O)cc1Cl)CC(C)(C)O2. The number of benzene rings is 2. The maximum atomic E-state index is 12.9. The molecule has 9 heteroatoms. The van der Waals surface area contributed by atoms with E-state index in [2.05, 4.69) is 10.0 Å². The highest BCUT2D eigenvalue weighted by molar-refractivity contribution is 7.92. The van der Waals surface area contributed by atoms with Crippen molar-refractivity contribution >= 4 is 33.2 Å². The van der Waals surface area contributed by atoms with Crippen molar-refractivity contribution in [1.29, 1.82) is 0 Å². The van der Waals surface area contributed by atoms with E-state index in [9.17, 15) is 13.2 Å². The summed E-state index contributed by atoms with van der Waals surface area (Å²) in [4.78, 5) is 12.9. The number of fused-ring (bicyclic) bond motifs is 1. The van der Waals surface area contributed by atoms with E-state index >= 15 is 0 Å². The van der Waals surface area contributed by atoms with Gasteiger partial charge >= 0.3 is 0 Å². The van der Waals surface area contributed by atoms with Crippen LogP contribution in [-0.4, -0.2) is 33.3 Å². The van der Waals surface area contributed by atoms with Crippen molar-refractivity contribution in [3.63, 3.8) is 0 Å². The predicted molar refractivity (Wildman–Crippen MR) is 112 cm³/mol. The lowest BCUT2D eigenvalue weighted by molar-refractivity contribution is 0.0618. The summed E-state index contributed by atoms with van der Waals surface area (Å²) in [5, 5.41) is 3.16. The van der Waals surface area contributed by atoms with Gasteiger partial charge in [-0.15, -0.1) is 0 Å². The van der Waals surface area contributed by atoms with Gasteiger partial charge in [0.2, 0.25) is 10.0 Å². The first-order valence-corrected chi connectivity index (χ1v) is 11.2. The van der Waals surface area contributed by atoms with Gasteiger partial charge in [0.05, 0.1) is 30.0 Å². The highest BCUT2D eigenvalue weighted by atomic mass is 35.5. The van der Waals surface area contributed by atoms with Crippen LogP contribution in [0.5, 0.6) is 11.5 Å². The molecule has 1 atom stereocenters. The summed E-state index contributed by atoms with van der Waals surface area (Å²) < 4.78 is 36.4. The monoisotopic (exact) mass is 438 g/mol. The van der Waals surface area contributed by atoms with Crippen LogP contribution in [0.4, 0.5) is 5.69 Å². The molecule has 0 unspecified atom stereocenters. The summed E-state index contributed by atoms with van der Waals surface area (Å²) in [5.41, 5.74) is 0.895. The molecular weight excluding hydrogens is 416 g/mol. The van der Waals surface area contributed by atoms with E-state index in [1.54, 1.807) is 7.11 Å². The fraction of sp³-hybridized carbons (Fsp3) is 0.350. The molecule has 7 nitrogen and oxygen atoms in total. The van der Waals surface area contributed by atoms with Crippen molar-refractivity contribution in [2.75, 3.05) is 18.1 Å². The Bertz CT molecular complexity index is 1050. The first-order valence-electron chi connectivity index (χ1n) is 8.92. The predicted octanol–water partition coefficient (Wildman–Crippen LogP) is 3.75. The average molecular weight is 439 g/mol. The second-order valence-corrected chi connectivity index (χ2v) is 9.72. The Balaban J connectivity index is 1.87. The third-order valence-corrected chi connectivity index (χ3v) is 5.42. The average Bonchev–Trinajstić information content (AvgIpc) is 2.59. The Labute approximate surface area is 175 Å². The fourth-order valence-electron chi connectivity index (χ4n) is 3.30.